The highest BCUT2D eigenvalue weighted by Gasteiger charge is 2.39. The van der Waals surface area contributed by atoms with Crippen molar-refractivity contribution in [1.29, 1.82) is 0 Å². The second kappa shape index (κ2) is 6.14. The van der Waals surface area contributed by atoms with Gasteiger partial charge in [0.15, 0.2) is 0 Å². The van der Waals surface area contributed by atoms with E-state index in [1.807, 2.05) is 6.92 Å². The normalized spacial score (nSPS) is 23.3. The Kier molecular flexibility index (Phi) is 4.89. The molecule has 1 fully saturated rings. The Labute approximate surface area is 138 Å². The molecule has 1 aliphatic rings. The molecule has 1 atom stereocenters. The van der Waals surface area contributed by atoms with Gasteiger partial charge in [0.25, 0.3) is 0 Å². The molecular weight excluding hydrogens is 338 g/mol. The van der Waals surface area contributed by atoms with Crippen LogP contribution in [0.15, 0.2) is 28.0 Å². The van der Waals surface area contributed by atoms with Crippen molar-refractivity contribution < 1.29 is 16.8 Å². The molecule has 1 aromatic rings. The molecule has 2 rings (SSSR count). The second-order valence-corrected chi connectivity index (χ2v) is 10.0. The summed E-state index contributed by atoms with van der Waals surface area (Å²) in [5.74, 6) is 0. The largest absolute Gasteiger partial charge is 0.330 e. The highest BCUT2D eigenvalue weighted by molar-refractivity contribution is 7.89. The number of rotatable bonds is 5. The topological polar surface area (TPSA) is 110 Å². The molecule has 1 saturated heterocycles. The fourth-order valence-corrected chi connectivity index (χ4v) is 5.32. The monoisotopic (exact) mass is 361 g/mol. The number of benzene rings is 1. The van der Waals surface area contributed by atoms with Crippen molar-refractivity contribution in [3.63, 3.8) is 0 Å². The Morgan fingerprint density at radius 2 is 1.96 bits per heavy atom. The summed E-state index contributed by atoms with van der Waals surface area (Å²) in [5.41, 5.74) is 5.90. The van der Waals surface area contributed by atoms with Gasteiger partial charge in [0.1, 0.15) is 0 Å². The van der Waals surface area contributed by atoms with Gasteiger partial charge in [-0.25, -0.2) is 21.6 Å². The molecule has 7 nitrogen and oxygen atoms in total. The zero-order valence-electron chi connectivity index (χ0n) is 13.5. The maximum atomic E-state index is 12.7. The third-order valence-corrected chi connectivity index (χ3v) is 7.77. The minimum absolute atomic E-state index is 0.0761. The van der Waals surface area contributed by atoms with Gasteiger partial charge in [-0.1, -0.05) is 6.92 Å². The molecule has 1 aromatic carbocycles. The Morgan fingerprint density at radius 1 is 1.30 bits per heavy atom. The first-order chi connectivity index (χ1) is 10.6. The van der Waals surface area contributed by atoms with Gasteiger partial charge in [-0.05, 0) is 56.1 Å². The van der Waals surface area contributed by atoms with Crippen LogP contribution >= 0.6 is 0 Å². The van der Waals surface area contributed by atoms with Crippen molar-refractivity contribution in [3.8, 4) is 0 Å². The number of nitrogens with two attached hydrogens (primary N) is 1. The molecule has 1 unspecified atom stereocenters. The van der Waals surface area contributed by atoms with Crippen LogP contribution in [0.25, 0.3) is 0 Å². The highest BCUT2D eigenvalue weighted by Crippen LogP contribution is 2.33. The van der Waals surface area contributed by atoms with Crippen LogP contribution in [-0.2, 0) is 20.0 Å². The minimum Gasteiger partial charge on any atom is -0.330 e. The van der Waals surface area contributed by atoms with Gasteiger partial charge in [0.05, 0.1) is 9.79 Å². The fourth-order valence-electron chi connectivity index (χ4n) is 2.69. The minimum atomic E-state index is -3.65. The molecular formula is C14H23N3O4S2. The third-order valence-electron chi connectivity index (χ3n) is 4.36. The Balaban J connectivity index is 2.38. The summed E-state index contributed by atoms with van der Waals surface area (Å²) in [4.78, 5) is 0.179. The van der Waals surface area contributed by atoms with E-state index < -0.39 is 20.0 Å². The van der Waals surface area contributed by atoms with E-state index in [-0.39, 0.29) is 15.2 Å². The lowest BCUT2D eigenvalue weighted by Crippen LogP contribution is -2.34. The first-order valence-corrected chi connectivity index (χ1v) is 10.2. The summed E-state index contributed by atoms with van der Waals surface area (Å²) in [6.45, 7) is 4.78. The van der Waals surface area contributed by atoms with E-state index in [0.717, 1.165) is 0 Å². The molecule has 1 aliphatic heterocycles. The molecule has 130 valence electrons. The summed E-state index contributed by atoms with van der Waals surface area (Å²) in [6.07, 6.45) is 0.716. The van der Waals surface area contributed by atoms with Crippen molar-refractivity contribution >= 4 is 20.0 Å². The Morgan fingerprint density at radius 3 is 2.43 bits per heavy atom. The Bertz CT molecular complexity index is 805. The first kappa shape index (κ1) is 18.3. The van der Waals surface area contributed by atoms with Crippen molar-refractivity contribution in [1.82, 2.24) is 9.03 Å². The average molecular weight is 361 g/mol. The number of nitrogens with one attached hydrogen (secondary N) is 1. The molecule has 23 heavy (non-hydrogen) atoms. The molecule has 0 aromatic heterocycles. The van der Waals surface area contributed by atoms with E-state index in [0.29, 0.717) is 31.6 Å². The van der Waals surface area contributed by atoms with E-state index in [2.05, 4.69) is 4.72 Å². The van der Waals surface area contributed by atoms with Crippen molar-refractivity contribution in [2.45, 2.75) is 30.1 Å². The zero-order valence-corrected chi connectivity index (χ0v) is 15.2. The van der Waals surface area contributed by atoms with Gasteiger partial charge in [-0.15, -0.1) is 0 Å². The average Bonchev–Trinajstić information content (AvgIpc) is 2.91. The lowest BCUT2D eigenvalue weighted by molar-refractivity contribution is 0.349. The van der Waals surface area contributed by atoms with E-state index in [9.17, 15) is 16.8 Å². The molecule has 0 saturated carbocycles. The number of nitrogens with zero attached hydrogens (tertiary/aromatic N) is 1. The molecule has 0 amide bonds. The quantitative estimate of drug-likeness (QED) is 0.782. The van der Waals surface area contributed by atoms with Gasteiger partial charge in [0, 0.05) is 13.1 Å². The summed E-state index contributed by atoms with van der Waals surface area (Å²) in [5, 5.41) is 0. The lowest BCUT2D eigenvalue weighted by atomic mass is 9.90. The third kappa shape index (κ3) is 3.43. The molecule has 0 radical (unpaired) electrons. The SMILES string of the molecule is CNS(=O)(=O)c1ccc(S(=O)(=O)N2CCC(C)(CN)C2)cc1C. The van der Waals surface area contributed by atoms with Gasteiger partial charge >= 0.3 is 0 Å². The van der Waals surface area contributed by atoms with Crippen LogP contribution in [0.3, 0.4) is 0 Å². The van der Waals surface area contributed by atoms with Crippen LogP contribution in [0.4, 0.5) is 0 Å². The highest BCUT2D eigenvalue weighted by atomic mass is 32.2. The van der Waals surface area contributed by atoms with Crippen LogP contribution < -0.4 is 10.5 Å². The van der Waals surface area contributed by atoms with Crippen molar-refractivity contribution in [3.05, 3.63) is 23.8 Å². The van der Waals surface area contributed by atoms with Crippen LogP contribution in [0.1, 0.15) is 18.9 Å². The summed E-state index contributed by atoms with van der Waals surface area (Å²) in [6, 6.07) is 4.06. The maximum Gasteiger partial charge on any atom is 0.243 e. The fraction of sp³-hybridized carbons (Fsp3) is 0.571. The van der Waals surface area contributed by atoms with Gasteiger partial charge < -0.3 is 5.73 Å². The number of hydrogen-bond donors (Lipinski definition) is 2. The van der Waals surface area contributed by atoms with E-state index in [1.54, 1.807) is 6.92 Å². The second-order valence-electron chi connectivity index (χ2n) is 6.24. The standard InChI is InChI=1S/C14H23N3O4S2/c1-11-8-12(4-5-13(11)22(18,19)16-3)23(20,21)17-7-6-14(2,9-15)10-17/h4-5,8,16H,6-7,9-10,15H2,1-3H3. The molecule has 3 N–H and O–H groups in total. The maximum absolute atomic E-state index is 12.7. The number of aryl methyl sites for hydroxylation is 1. The van der Waals surface area contributed by atoms with Crippen LogP contribution in [0.5, 0.6) is 0 Å². The molecule has 0 bridgehead atoms. The first-order valence-electron chi connectivity index (χ1n) is 7.30. The summed E-state index contributed by atoms with van der Waals surface area (Å²) < 4.78 is 52.9. The van der Waals surface area contributed by atoms with Crippen LogP contribution in [0, 0.1) is 12.3 Å². The van der Waals surface area contributed by atoms with E-state index in [4.69, 9.17) is 5.73 Å². The van der Waals surface area contributed by atoms with E-state index >= 15 is 0 Å². The molecule has 9 heteroatoms. The van der Waals surface area contributed by atoms with Gasteiger partial charge in [-0.2, -0.15) is 4.31 Å². The zero-order chi connectivity index (χ0) is 17.5. The van der Waals surface area contributed by atoms with Gasteiger partial charge in [-0.3, -0.25) is 0 Å². The Hall–Kier alpha value is -1.00. The smallest absolute Gasteiger partial charge is 0.243 e. The van der Waals surface area contributed by atoms with Crippen molar-refractivity contribution in [2.75, 3.05) is 26.7 Å². The number of hydrogen-bond acceptors (Lipinski definition) is 5. The summed E-state index contributed by atoms with van der Waals surface area (Å²) >= 11 is 0. The lowest BCUT2D eigenvalue weighted by Gasteiger charge is -2.22. The van der Waals surface area contributed by atoms with E-state index in [1.165, 1.54) is 29.6 Å². The number of sulfonamides is 2. The van der Waals surface area contributed by atoms with Gasteiger partial charge in [0.2, 0.25) is 20.0 Å². The molecule has 0 aliphatic carbocycles. The predicted molar refractivity (Wildman–Crippen MR) is 88.0 cm³/mol. The predicted octanol–water partition coefficient (Wildman–Crippen LogP) is 0.263. The van der Waals surface area contributed by atoms with Crippen LogP contribution in [0.2, 0.25) is 0 Å². The summed E-state index contributed by atoms with van der Waals surface area (Å²) in [7, 11) is -5.94. The molecule has 1 heterocycles. The van der Waals surface area contributed by atoms with Crippen molar-refractivity contribution in [2.24, 2.45) is 11.1 Å². The molecule has 0 spiro atoms. The van der Waals surface area contributed by atoms with Crippen LogP contribution in [-0.4, -0.2) is 47.8 Å².